The standard InChI is InChI=1S/C28H37Cl2N5O/c1-20-5-3-4-6-27(20)33-28(34-16-14-31-21(2)18-34)32-24-9-11-25(12-10-24)35(19-36)15-13-22-7-8-23(29)17-26(22)30/h7-12,17,19-21,27,31H,3-6,13-16,18H2,1-2H3,(H,32,33)/t20-,21+,27-/m0/s1. The summed E-state index contributed by atoms with van der Waals surface area (Å²) in [6, 6.07) is 14.2. The maximum absolute atomic E-state index is 11.8. The number of benzene rings is 2. The number of amides is 1. The molecule has 1 saturated heterocycles. The van der Waals surface area contributed by atoms with Crippen molar-refractivity contribution in [1.29, 1.82) is 0 Å². The minimum atomic E-state index is 0.357. The van der Waals surface area contributed by atoms with E-state index in [-0.39, 0.29) is 0 Å². The molecule has 0 aromatic heterocycles. The summed E-state index contributed by atoms with van der Waals surface area (Å²) >= 11 is 12.3. The number of anilines is 2. The predicted octanol–water partition coefficient (Wildman–Crippen LogP) is 5.84. The highest BCUT2D eigenvalue weighted by atomic mass is 35.5. The molecule has 194 valence electrons. The van der Waals surface area contributed by atoms with Gasteiger partial charge in [0.25, 0.3) is 0 Å². The first-order chi connectivity index (χ1) is 17.4. The summed E-state index contributed by atoms with van der Waals surface area (Å²) in [5.74, 6) is 1.56. The molecular formula is C28H37Cl2N5O. The molecule has 0 unspecified atom stereocenters. The largest absolute Gasteiger partial charge is 0.340 e. The fraction of sp³-hybridized carbons (Fsp3) is 0.500. The van der Waals surface area contributed by atoms with Gasteiger partial charge in [0.2, 0.25) is 6.41 Å². The molecule has 2 aromatic rings. The number of hydrogen-bond acceptors (Lipinski definition) is 3. The Bertz CT molecular complexity index is 1040. The molecule has 0 radical (unpaired) electrons. The zero-order valence-corrected chi connectivity index (χ0v) is 22.7. The van der Waals surface area contributed by atoms with Crippen LogP contribution in [0.4, 0.5) is 11.4 Å². The first-order valence-corrected chi connectivity index (χ1v) is 13.8. The van der Waals surface area contributed by atoms with Crippen LogP contribution in [-0.4, -0.2) is 55.5 Å². The Hall–Kier alpha value is -2.28. The van der Waals surface area contributed by atoms with Crippen LogP contribution in [-0.2, 0) is 11.2 Å². The number of halogens is 2. The second-order valence-corrected chi connectivity index (χ2v) is 10.9. The van der Waals surface area contributed by atoms with Gasteiger partial charge in [-0.25, -0.2) is 4.99 Å². The molecule has 6 nitrogen and oxygen atoms in total. The van der Waals surface area contributed by atoms with Crippen molar-refractivity contribution < 1.29 is 4.79 Å². The van der Waals surface area contributed by atoms with Crippen LogP contribution in [0, 0.1) is 5.92 Å². The van der Waals surface area contributed by atoms with Gasteiger partial charge in [0.1, 0.15) is 0 Å². The van der Waals surface area contributed by atoms with Crippen LogP contribution in [0.25, 0.3) is 0 Å². The van der Waals surface area contributed by atoms with Crippen molar-refractivity contribution in [2.45, 2.75) is 58.0 Å². The smallest absolute Gasteiger partial charge is 0.214 e. The quantitative estimate of drug-likeness (QED) is 0.268. The summed E-state index contributed by atoms with van der Waals surface area (Å²) in [6.07, 6.45) is 6.47. The summed E-state index contributed by atoms with van der Waals surface area (Å²) in [5, 5.41) is 8.35. The van der Waals surface area contributed by atoms with Gasteiger partial charge in [0.15, 0.2) is 5.96 Å². The van der Waals surface area contributed by atoms with E-state index in [4.69, 9.17) is 28.2 Å². The van der Waals surface area contributed by atoms with Crippen LogP contribution < -0.4 is 15.5 Å². The zero-order valence-electron chi connectivity index (χ0n) is 21.2. The monoisotopic (exact) mass is 529 g/mol. The molecule has 1 amide bonds. The Balaban J connectivity index is 1.45. The molecule has 36 heavy (non-hydrogen) atoms. The van der Waals surface area contributed by atoms with Crippen molar-refractivity contribution >= 4 is 46.9 Å². The predicted molar refractivity (Wildman–Crippen MR) is 152 cm³/mol. The molecule has 1 saturated carbocycles. The SMILES string of the molecule is C[C@@H]1CN(C(=N[C@H]2CCCC[C@@H]2C)Nc2ccc(N(C=O)CCc3ccc(Cl)cc3Cl)cc2)CCN1. The molecule has 1 aliphatic carbocycles. The third kappa shape index (κ3) is 7.15. The normalized spacial score (nSPS) is 22.8. The number of hydrogen-bond donors (Lipinski definition) is 2. The van der Waals surface area contributed by atoms with Crippen molar-refractivity contribution in [1.82, 2.24) is 10.2 Å². The number of guanidine groups is 1. The first-order valence-electron chi connectivity index (χ1n) is 13.0. The van der Waals surface area contributed by atoms with Gasteiger partial charge in [-0.05, 0) is 74.1 Å². The lowest BCUT2D eigenvalue weighted by atomic mass is 9.86. The van der Waals surface area contributed by atoms with E-state index < -0.39 is 0 Å². The van der Waals surface area contributed by atoms with E-state index in [0.717, 1.165) is 55.4 Å². The van der Waals surface area contributed by atoms with E-state index in [1.54, 1.807) is 11.0 Å². The lowest BCUT2D eigenvalue weighted by Gasteiger charge is -2.36. The summed E-state index contributed by atoms with van der Waals surface area (Å²) in [4.78, 5) is 21.1. The zero-order chi connectivity index (χ0) is 25.5. The Kier molecular flexibility index (Phi) is 9.52. The maximum Gasteiger partial charge on any atom is 0.214 e. The van der Waals surface area contributed by atoms with Crippen molar-refractivity contribution in [2.75, 3.05) is 36.4 Å². The molecule has 1 heterocycles. The Morgan fingerprint density at radius 3 is 2.64 bits per heavy atom. The number of carbonyl (C=O) groups is 1. The molecular weight excluding hydrogens is 493 g/mol. The summed E-state index contributed by atoms with van der Waals surface area (Å²) < 4.78 is 0. The Morgan fingerprint density at radius 1 is 1.17 bits per heavy atom. The average Bonchev–Trinajstić information content (AvgIpc) is 2.87. The van der Waals surface area contributed by atoms with E-state index >= 15 is 0 Å². The second-order valence-electron chi connectivity index (χ2n) is 10.0. The Labute approximate surface area is 225 Å². The number of nitrogens with zero attached hydrogens (tertiary/aromatic N) is 3. The summed E-state index contributed by atoms with van der Waals surface area (Å²) in [7, 11) is 0. The van der Waals surface area contributed by atoms with Gasteiger partial charge in [-0.15, -0.1) is 0 Å². The summed E-state index contributed by atoms with van der Waals surface area (Å²) in [6.45, 7) is 7.88. The average molecular weight is 531 g/mol. The minimum Gasteiger partial charge on any atom is -0.340 e. The molecule has 3 atom stereocenters. The minimum absolute atomic E-state index is 0.357. The van der Waals surface area contributed by atoms with Gasteiger partial charge < -0.3 is 20.4 Å². The highest BCUT2D eigenvalue weighted by molar-refractivity contribution is 6.35. The van der Waals surface area contributed by atoms with Crippen molar-refractivity contribution in [3.05, 3.63) is 58.1 Å². The van der Waals surface area contributed by atoms with Crippen molar-refractivity contribution in [3.63, 3.8) is 0 Å². The lowest BCUT2D eigenvalue weighted by molar-refractivity contribution is -0.107. The fourth-order valence-electron chi connectivity index (χ4n) is 5.04. The van der Waals surface area contributed by atoms with Crippen LogP contribution in [0.2, 0.25) is 10.0 Å². The number of aliphatic imine (C=N–C) groups is 1. The van der Waals surface area contributed by atoms with Crippen molar-refractivity contribution in [2.24, 2.45) is 10.9 Å². The van der Waals surface area contributed by atoms with E-state index in [2.05, 4.69) is 29.4 Å². The van der Waals surface area contributed by atoms with Gasteiger partial charge >= 0.3 is 0 Å². The molecule has 0 spiro atoms. The van der Waals surface area contributed by atoms with E-state index in [9.17, 15) is 4.79 Å². The summed E-state index contributed by atoms with van der Waals surface area (Å²) in [5.41, 5.74) is 2.78. The van der Waals surface area contributed by atoms with E-state index in [1.807, 2.05) is 36.4 Å². The Morgan fingerprint density at radius 2 is 1.94 bits per heavy atom. The molecule has 8 heteroatoms. The van der Waals surface area contributed by atoms with Crippen LogP contribution in [0.5, 0.6) is 0 Å². The molecule has 2 N–H and O–H groups in total. The van der Waals surface area contributed by atoms with Gasteiger partial charge in [-0.2, -0.15) is 0 Å². The van der Waals surface area contributed by atoms with Gasteiger partial charge in [-0.3, -0.25) is 4.79 Å². The molecule has 0 bridgehead atoms. The molecule has 2 aromatic carbocycles. The fourth-order valence-corrected chi connectivity index (χ4v) is 5.54. The molecule has 2 aliphatic rings. The van der Waals surface area contributed by atoms with E-state index in [0.29, 0.717) is 41.0 Å². The topological polar surface area (TPSA) is 60.0 Å². The molecule has 4 rings (SSSR count). The van der Waals surface area contributed by atoms with Gasteiger partial charge in [0, 0.05) is 53.6 Å². The van der Waals surface area contributed by atoms with Crippen LogP contribution in [0.3, 0.4) is 0 Å². The maximum atomic E-state index is 11.8. The highest BCUT2D eigenvalue weighted by Crippen LogP contribution is 2.27. The molecule has 1 aliphatic heterocycles. The van der Waals surface area contributed by atoms with E-state index in [1.165, 1.54) is 19.3 Å². The number of rotatable bonds is 7. The van der Waals surface area contributed by atoms with Crippen LogP contribution in [0.1, 0.15) is 45.1 Å². The number of nitrogens with one attached hydrogen (secondary N) is 2. The van der Waals surface area contributed by atoms with Crippen molar-refractivity contribution in [3.8, 4) is 0 Å². The first kappa shape index (κ1) is 26.8. The third-order valence-corrected chi connectivity index (χ3v) is 7.83. The number of piperazine rings is 1. The highest BCUT2D eigenvalue weighted by Gasteiger charge is 2.25. The molecule has 2 fully saturated rings. The third-order valence-electron chi connectivity index (χ3n) is 7.24. The van der Waals surface area contributed by atoms with Gasteiger partial charge in [0.05, 0.1) is 6.04 Å². The second kappa shape index (κ2) is 12.8. The van der Waals surface area contributed by atoms with Crippen LogP contribution >= 0.6 is 23.2 Å². The van der Waals surface area contributed by atoms with Crippen LogP contribution in [0.15, 0.2) is 47.5 Å². The van der Waals surface area contributed by atoms with Gasteiger partial charge in [-0.1, -0.05) is 49.0 Å². The lowest BCUT2D eigenvalue weighted by Crippen LogP contribution is -2.53. The number of carbonyl (C=O) groups excluding carboxylic acids is 1.